The van der Waals surface area contributed by atoms with Gasteiger partial charge in [0.1, 0.15) is 24.2 Å². The van der Waals surface area contributed by atoms with E-state index in [-0.39, 0.29) is 18.2 Å². The number of carbonyl (C=O) groups is 6. The van der Waals surface area contributed by atoms with E-state index in [1.54, 1.807) is 6.92 Å². The molecule has 1 fully saturated rings. The van der Waals surface area contributed by atoms with Crippen molar-refractivity contribution in [1.82, 2.24) is 26.2 Å². The van der Waals surface area contributed by atoms with E-state index in [1.807, 2.05) is 13.8 Å². The highest BCUT2D eigenvalue weighted by molar-refractivity contribution is 5.96. The van der Waals surface area contributed by atoms with Crippen LogP contribution < -0.4 is 21.3 Å². The van der Waals surface area contributed by atoms with Gasteiger partial charge in [-0.05, 0) is 39.0 Å². The van der Waals surface area contributed by atoms with Crippen LogP contribution in [0.5, 0.6) is 0 Å². The number of hydrogen-bond donors (Lipinski definition) is 5. The van der Waals surface area contributed by atoms with Gasteiger partial charge in [0, 0.05) is 19.5 Å². The van der Waals surface area contributed by atoms with Crippen LogP contribution in [-0.2, 0) is 28.8 Å². The van der Waals surface area contributed by atoms with Crippen molar-refractivity contribution >= 4 is 35.5 Å². The molecule has 4 atom stereocenters. The van der Waals surface area contributed by atoms with Gasteiger partial charge in [-0.15, -0.1) is 0 Å². The summed E-state index contributed by atoms with van der Waals surface area (Å²) >= 11 is 0. The number of nitrogens with zero attached hydrogens (tertiary/aromatic N) is 1. The zero-order valence-corrected chi connectivity index (χ0v) is 21.2. The highest BCUT2D eigenvalue weighted by Crippen LogP contribution is 2.18. The monoisotopic (exact) mass is 497 g/mol. The minimum Gasteiger partial charge on any atom is -0.481 e. The van der Waals surface area contributed by atoms with Gasteiger partial charge in [0.25, 0.3) is 0 Å². The number of carbonyl (C=O) groups excluding carboxylic acids is 5. The minimum atomic E-state index is -1.34. The Kier molecular flexibility index (Phi) is 12.2. The summed E-state index contributed by atoms with van der Waals surface area (Å²) in [5.74, 6) is -3.59. The lowest BCUT2D eigenvalue weighted by Crippen LogP contribution is -2.57. The first kappa shape index (κ1) is 29.9. The van der Waals surface area contributed by atoms with Crippen LogP contribution in [0.25, 0.3) is 0 Å². The summed E-state index contributed by atoms with van der Waals surface area (Å²) in [6.45, 7) is 9.49. The molecule has 1 heterocycles. The van der Waals surface area contributed by atoms with E-state index < -0.39 is 60.2 Å². The summed E-state index contributed by atoms with van der Waals surface area (Å²) < 4.78 is 0. The molecule has 1 aliphatic rings. The zero-order chi connectivity index (χ0) is 26.7. The number of amides is 5. The molecule has 5 N–H and O–H groups in total. The number of carboxylic acid groups (broad SMARTS) is 1. The molecule has 1 rings (SSSR count). The van der Waals surface area contributed by atoms with Crippen molar-refractivity contribution in [3.63, 3.8) is 0 Å². The molecule has 0 spiro atoms. The van der Waals surface area contributed by atoms with Crippen molar-refractivity contribution in [1.29, 1.82) is 0 Å². The van der Waals surface area contributed by atoms with Crippen molar-refractivity contribution in [2.24, 2.45) is 5.92 Å². The number of carboxylic acids is 1. The second-order valence-electron chi connectivity index (χ2n) is 9.26. The highest BCUT2D eigenvalue weighted by Gasteiger charge is 2.36. The van der Waals surface area contributed by atoms with Crippen LogP contribution in [0.3, 0.4) is 0 Å². The van der Waals surface area contributed by atoms with Gasteiger partial charge < -0.3 is 31.3 Å². The van der Waals surface area contributed by atoms with Gasteiger partial charge in [-0.2, -0.15) is 0 Å². The summed E-state index contributed by atoms with van der Waals surface area (Å²) in [4.78, 5) is 74.9. The molecule has 0 aromatic rings. The predicted octanol–water partition coefficient (Wildman–Crippen LogP) is -0.481. The van der Waals surface area contributed by atoms with Crippen molar-refractivity contribution in [2.45, 2.75) is 90.9 Å². The molecule has 0 bridgehead atoms. The van der Waals surface area contributed by atoms with Gasteiger partial charge in [0.15, 0.2) is 0 Å². The predicted molar refractivity (Wildman–Crippen MR) is 127 cm³/mol. The minimum absolute atomic E-state index is 0.131. The Hall–Kier alpha value is -3.18. The van der Waals surface area contributed by atoms with Crippen LogP contribution in [0.2, 0.25) is 0 Å². The molecule has 12 heteroatoms. The molecular formula is C23H39N5O7. The molecule has 12 nitrogen and oxygen atoms in total. The fourth-order valence-electron chi connectivity index (χ4n) is 3.63. The number of rotatable bonds is 13. The third-order valence-electron chi connectivity index (χ3n) is 5.51. The highest BCUT2D eigenvalue weighted by atomic mass is 16.4. The quantitative estimate of drug-likeness (QED) is 0.228. The lowest BCUT2D eigenvalue weighted by molar-refractivity contribution is -0.142. The SMILES string of the molecule is CCCC(=O)N[C@@H](CC(=O)O)C(=O)N[C@@H](C)C(=O)N[C@@H](C)C(=O)N1CCC[C@H]1C(=O)NCC(C)C. The molecule has 0 aromatic heterocycles. The lowest BCUT2D eigenvalue weighted by Gasteiger charge is -2.28. The van der Waals surface area contributed by atoms with E-state index in [2.05, 4.69) is 21.3 Å². The maximum atomic E-state index is 12.9. The van der Waals surface area contributed by atoms with Gasteiger partial charge in [0.05, 0.1) is 6.42 Å². The van der Waals surface area contributed by atoms with E-state index in [0.29, 0.717) is 32.4 Å². The molecule has 0 unspecified atom stereocenters. The van der Waals surface area contributed by atoms with Crippen molar-refractivity contribution in [2.75, 3.05) is 13.1 Å². The standard InChI is InChI=1S/C23H39N5O7/c1-6-8-18(29)27-16(11-19(30)31)21(33)25-14(4)20(32)26-15(5)23(35)28-10-7-9-17(28)22(34)24-12-13(2)3/h13-17H,6-12H2,1-5H3,(H,24,34)(H,25,33)(H,26,32)(H,27,29)(H,30,31)/t14-,15-,16-,17-/m0/s1. The Bertz CT molecular complexity index is 801. The van der Waals surface area contributed by atoms with Crippen molar-refractivity contribution in [3.05, 3.63) is 0 Å². The lowest BCUT2D eigenvalue weighted by atomic mass is 10.1. The first-order chi connectivity index (χ1) is 16.4. The Morgan fingerprint density at radius 1 is 0.943 bits per heavy atom. The van der Waals surface area contributed by atoms with Crippen molar-refractivity contribution in [3.8, 4) is 0 Å². The van der Waals surface area contributed by atoms with Gasteiger partial charge in [0.2, 0.25) is 29.5 Å². The number of hydrogen-bond acceptors (Lipinski definition) is 6. The maximum Gasteiger partial charge on any atom is 0.305 e. The van der Waals surface area contributed by atoms with E-state index in [1.165, 1.54) is 18.7 Å². The van der Waals surface area contributed by atoms with Crippen LogP contribution >= 0.6 is 0 Å². The van der Waals surface area contributed by atoms with Crippen LogP contribution in [0, 0.1) is 5.92 Å². The third-order valence-corrected chi connectivity index (χ3v) is 5.51. The topological polar surface area (TPSA) is 174 Å². The van der Waals surface area contributed by atoms with E-state index in [4.69, 9.17) is 5.11 Å². The first-order valence-corrected chi connectivity index (χ1v) is 12.1. The van der Waals surface area contributed by atoms with Crippen molar-refractivity contribution < 1.29 is 33.9 Å². The van der Waals surface area contributed by atoms with Crippen LogP contribution in [0.1, 0.15) is 66.7 Å². The van der Waals surface area contributed by atoms with E-state index in [9.17, 15) is 28.8 Å². The summed E-state index contributed by atoms with van der Waals surface area (Å²) in [5, 5.41) is 19.2. The molecule has 35 heavy (non-hydrogen) atoms. The Morgan fingerprint density at radius 3 is 2.14 bits per heavy atom. The number of aliphatic carboxylic acids is 1. The van der Waals surface area contributed by atoms with E-state index >= 15 is 0 Å². The smallest absolute Gasteiger partial charge is 0.305 e. The average Bonchev–Trinajstić information content (AvgIpc) is 3.26. The normalized spacial score (nSPS) is 17.8. The maximum absolute atomic E-state index is 12.9. The molecule has 5 amide bonds. The molecular weight excluding hydrogens is 458 g/mol. The van der Waals surface area contributed by atoms with Gasteiger partial charge in [-0.25, -0.2) is 0 Å². The Balaban J connectivity index is 2.70. The molecule has 198 valence electrons. The zero-order valence-electron chi connectivity index (χ0n) is 21.2. The fraction of sp³-hybridized carbons (Fsp3) is 0.739. The van der Waals surface area contributed by atoms with Gasteiger partial charge >= 0.3 is 5.97 Å². The summed E-state index contributed by atoms with van der Waals surface area (Å²) in [6, 6.07) is -3.97. The average molecular weight is 498 g/mol. The molecule has 1 aliphatic heterocycles. The largest absolute Gasteiger partial charge is 0.481 e. The van der Waals surface area contributed by atoms with Crippen LogP contribution in [0.15, 0.2) is 0 Å². The second-order valence-corrected chi connectivity index (χ2v) is 9.26. The van der Waals surface area contributed by atoms with Crippen LogP contribution in [0.4, 0.5) is 0 Å². The molecule has 0 aromatic carbocycles. The Morgan fingerprint density at radius 2 is 1.57 bits per heavy atom. The molecule has 0 aliphatic carbocycles. The first-order valence-electron chi connectivity index (χ1n) is 12.1. The molecule has 0 radical (unpaired) electrons. The second kappa shape index (κ2) is 14.3. The molecule has 1 saturated heterocycles. The molecule has 0 saturated carbocycles. The van der Waals surface area contributed by atoms with E-state index in [0.717, 1.165) is 0 Å². The number of nitrogens with one attached hydrogen (secondary N) is 4. The number of likely N-dealkylation sites (tertiary alicyclic amines) is 1. The summed E-state index contributed by atoms with van der Waals surface area (Å²) in [7, 11) is 0. The van der Waals surface area contributed by atoms with Gasteiger partial charge in [-0.3, -0.25) is 28.8 Å². The van der Waals surface area contributed by atoms with Crippen LogP contribution in [-0.4, -0.2) is 82.8 Å². The Labute approximate surface area is 205 Å². The summed E-state index contributed by atoms with van der Waals surface area (Å²) in [5.41, 5.74) is 0. The fourth-order valence-corrected chi connectivity index (χ4v) is 3.63. The summed E-state index contributed by atoms with van der Waals surface area (Å²) in [6.07, 6.45) is 1.23. The third kappa shape index (κ3) is 9.91. The van der Waals surface area contributed by atoms with Gasteiger partial charge in [-0.1, -0.05) is 20.8 Å².